The van der Waals surface area contributed by atoms with E-state index in [9.17, 15) is 4.79 Å². The van der Waals surface area contributed by atoms with Crippen LogP contribution in [0.5, 0.6) is 0 Å². The normalized spacial score (nSPS) is 17.5. The first-order valence-corrected chi connectivity index (χ1v) is 9.40. The number of nitrogens with zero attached hydrogens (tertiary/aromatic N) is 6. The molecule has 1 N–H and O–H groups in total. The Morgan fingerprint density at radius 2 is 2.19 bits per heavy atom. The van der Waals surface area contributed by atoms with Gasteiger partial charge in [0.25, 0.3) is 5.91 Å². The Kier molecular flexibility index (Phi) is 4.46. The Hall–Kier alpha value is -2.68. The Morgan fingerprint density at radius 3 is 2.92 bits per heavy atom. The molecule has 4 heterocycles. The minimum absolute atomic E-state index is 0.0607. The molecule has 0 saturated carbocycles. The molecule has 0 aromatic carbocycles. The maximum absolute atomic E-state index is 12.6. The molecule has 1 aliphatic heterocycles. The SMILES string of the molecule is Cn1cc(-c2ncc(C(=O)NC3CCCN(c4ccnn4C)C3)s2)cn1. The standard InChI is InChI=1S/C17H21N7OS/c1-22-10-12(8-20-22)17-18-9-14(26-17)16(25)21-13-4-3-7-24(11-13)15-5-6-19-23(15)2/h5-6,8-10,13H,3-4,7,11H2,1-2H3,(H,21,25). The van der Waals surface area contributed by atoms with Crippen LogP contribution in [0, 0.1) is 0 Å². The van der Waals surface area contributed by atoms with Gasteiger partial charge in [-0.05, 0) is 12.8 Å². The second-order valence-electron chi connectivity index (χ2n) is 6.50. The Bertz CT molecular complexity index is 912. The van der Waals surface area contributed by atoms with E-state index in [2.05, 4.69) is 25.4 Å². The minimum Gasteiger partial charge on any atom is -0.355 e. The number of thiazole rings is 1. The summed E-state index contributed by atoms with van der Waals surface area (Å²) >= 11 is 1.39. The van der Waals surface area contributed by atoms with Crippen molar-refractivity contribution in [2.75, 3.05) is 18.0 Å². The van der Waals surface area contributed by atoms with Crippen molar-refractivity contribution in [2.45, 2.75) is 18.9 Å². The van der Waals surface area contributed by atoms with E-state index in [1.54, 1.807) is 23.3 Å². The fourth-order valence-corrected chi connectivity index (χ4v) is 4.07. The molecule has 4 rings (SSSR count). The van der Waals surface area contributed by atoms with Crippen LogP contribution in [0.1, 0.15) is 22.5 Å². The van der Waals surface area contributed by atoms with Gasteiger partial charge in [-0.1, -0.05) is 0 Å². The van der Waals surface area contributed by atoms with E-state index in [0.29, 0.717) is 4.88 Å². The van der Waals surface area contributed by atoms with Crippen LogP contribution >= 0.6 is 11.3 Å². The molecule has 8 nitrogen and oxygen atoms in total. The zero-order valence-electron chi connectivity index (χ0n) is 14.8. The van der Waals surface area contributed by atoms with Crippen LogP contribution in [-0.4, -0.2) is 49.6 Å². The molecule has 1 fully saturated rings. The number of carbonyl (C=O) groups excluding carboxylic acids is 1. The van der Waals surface area contributed by atoms with Crippen LogP contribution in [0.2, 0.25) is 0 Å². The minimum atomic E-state index is -0.0607. The number of hydrogen-bond acceptors (Lipinski definition) is 6. The first-order valence-electron chi connectivity index (χ1n) is 8.59. The number of nitrogens with one attached hydrogen (secondary N) is 1. The number of aryl methyl sites for hydroxylation is 2. The van der Waals surface area contributed by atoms with E-state index in [0.717, 1.165) is 42.3 Å². The molecule has 3 aromatic rings. The van der Waals surface area contributed by atoms with Crippen LogP contribution in [0.25, 0.3) is 10.6 Å². The number of hydrogen-bond donors (Lipinski definition) is 1. The third kappa shape index (κ3) is 3.34. The third-order valence-electron chi connectivity index (χ3n) is 4.56. The van der Waals surface area contributed by atoms with Crippen molar-refractivity contribution in [3.63, 3.8) is 0 Å². The van der Waals surface area contributed by atoms with Crippen molar-refractivity contribution in [1.29, 1.82) is 0 Å². The number of carbonyl (C=O) groups is 1. The summed E-state index contributed by atoms with van der Waals surface area (Å²) in [4.78, 5) is 19.9. The van der Waals surface area contributed by atoms with Crippen molar-refractivity contribution in [3.05, 3.63) is 35.7 Å². The highest BCUT2D eigenvalue weighted by molar-refractivity contribution is 7.16. The van der Waals surface area contributed by atoms with Crippen molar-refractivity contribution in [3.8, 4) is 10.6 Å². The lowest BCUT2D eigenvalue weighted by atomic mass is 10.1. The van der Waals surface area contributed by atoms with E-state index in [1.807, 2.05) is 31.0 Å². The lowest BCUT2D eigenvalue weighted by molar-refractivity contribution is 0.0937. The van der Waals surface area contributed by atoms with Crippen molar-refractivity contribution < 1.29 is 4.79 Å². The van der Waals surface area contributed by atoms with Crippen LogP contribution in [0.4, 0.5) is 5.82 Å². The van der Waals surface area contributed by atoms with E-state index < -0.39 is 0 Å². The molecular formula is C17H21N7OS. The van der Waals surface area contributed by atoms with Crippen LogP contribution < -0.4 is 10.2 Å². The molecule has 0 radical (unpaired) electrons. The Labute approximate surface area is 155 Å². The first-order chi connectivity index (χ1) is 12.6. The predicted molar refractivity (Wildman–Crippen MR) is 100 cm³/mol. The Balaban J connectivity index is 1.41. The van der Waals surface area contributed by atoms with E-state index in [4.69, 9.17) is 0 Å². The zero-order valence-corrected chi connectivity index (χ0v) is 15.6. The monoisotopic (exact) mass is 371 g/mol. The molecule has 0 aliphatic carbocycles. The topological polar surface area (TPSA) is 80.9 Å². The van der Waals surface area contributed by atoms with Gasteiger partial charge in [0.1, 0.15) is 15.7 Å². The van der Waals surface area contributed by atoms with Crippen LogP contribution in [0.15, 0.2) is 30.9 Å². The maximum Gasteiger partial charge on any atom is 0.263 e. The van der Waals surface area contributed by atoms with Crippen LogP contribution in [-0.2, 0) is 14.1 Å². The average molecular weight is 371 g/mol. The van der Waals surface area contributed by atoms with Gasteiger partial charge < -0.3 is 10.2 Å². The molecule has 136 valence electrons. The summed E-state index contributed by atoms with van der Waals surface area (Å²) in [5, 5.41) is 12.3. The molecule has 26 heavy (non-hydrogen) atoms. The van der Waals surface area contributed by atoms with Gasteiger partial charge in [-0.15, -0.1) is 11.3 Å². The molecule has 1 atom stereocenters. The van der Waals surface area contributed by atoms with E-state index in [1.165, 1.54) is 11.3 Å². The lowest BCUT2D eigenvalue weighted by Gasteiger charge is -2.34. The summed E-state index contributed by atoms with van der Waals surface area (Å²) in [6, 6.07) is 2.13. The van der Waals surface area contributed by atoms with Gasteiger partial charge in [0, 0.05) is 51.1 Å². The summed E-state index contributed by atoms with van der Waals surface area (Å²) in [7, 11) is 3.80. The largest absolute Gasteiger partial charge is 0.355 e. The molecule has 3 aromatic heterocycles. The molecule has 1 amide bonds. The number of rotatable bonds is 4. The summed E-state index contributed by atoms with van der Waals surface area (Å²) in [6.07, 6.45) is 9.12. The van der Waals surface area contributed by atoms with Gasteiger partial charge >= 0.3 is 0 Å². The molecule has 0 spiro atoms. The highest BCUT2D eigenvalue weighted by atomic mass is 32.1. The Morgan fingerprint density at radius 1 is 1.31 bits per heavy atom. The van der Waals surface area contributed by atoms with E-state index >= 15 is 0 Å². The van der Waals surface area contributed by atoms with Crippen molar-refractivity contribution >= 4 is 23.1 Å². The molecule has 1 aliphatic rings. The summed E-state index contributed by atoms with van der Waals surface area (Å²) in [5.74, 6) is 1.02. The van der Waals surface area contributed by atoms with Gasteiger partial charge in [-0.25, -0.2) is 4.98 Å². The highest BCUT2D eigenvalue weighted by Crippen LogP contribution is 2.25. The number of anilines is 1. The van der Waals surface area contributed by atoms with Gasteiger partial charge in [0.2, 0.25) is 0 Å². The predicted octanol–water partition coefficient (Wildman–Crippen LogP) is 1.68. The fraction of sp³-hybridized carbons (Fsp3) is 0.412. The molecule has 1 saturated heterocycles. The first kappa shape index (κ1) is 16.8. The number of amides is 1. The molecule has 1 unspecified atom stereocenters. The van der Waals surface area contributed by atoms with Crippen molar-refractivity contribution in [1.82, 2.24) is 29.9 Å². The number of aromatic nitrogens is 5. The van der Waals surface area contributed by atoms with E-state index in [-0.39, 0.29) is 11.9 Å². The van der Waals surface area contributed by atoms with Crippen LogP contribution in [0.3, 0.4) is 0 Å². The fourth-order valence-electron chi connectivity index (χ4n) is 3.28. The molecular weight excluding hydrogens is 350 g/mol. The summed E-state index contributed by atoms with van der Waals surface area (Å²) in [5.41, 5.74) is 0.927. The zero-order chi connectivity index (χ0) is 18.1. The second-order valence-corrected chi connectivity index (χ2v) is 7.53. The second kappa shape index (κ2) is 6.91. The third-order valence-corrected chi connectivity index (χ3v) is 5.60. The maximum atomic E-state index is 12.6. The summed E-state index contributed by atoms with van der Waals surface area (Å²) in [6.45, 7) is 1.77. The highest BCUT2D eigenvalue weighted by Gasteiger charge is 2.24. The van der Waals surface area contributed by atoms with Gasteiger partial charge in [-0.3, -0.25) is 14.2 Å². The quantitative estimate of drug-likeness (QED) is 0.755. The average Bonchev–Trinajstić information content (AvgIpc) is 3.35. The van der Waals surface area contributed by atoms with Crippen molar-refractivity contribution in [2.24, 2.45) is 14.1 Å². The number of piperidine rings is 1. The van der Waals surface area contributed by atoms with Gasteiger partial charge in [-0.2, -0.15) is 10.2 Å². The van der Waals surface area contributed by atoms with Gasteiger partial charge in [0.05, 0.1) is 18.6 Å². The molecule has 9 heteroatoms. The summed E-state index contributed by atoms with van der Waals surface area (Å²) < 4.78 is 3.60. The smallest absolute Gasteiger partial charge is 0.263 e. The lowest BCUT2D eigenvalue weighted by Crippen LogP contribution is -2.48. The van der Waals surface area contributed by atoms with Gasteiger partial charge in [0.15, 0.2) is 0 Å². The molecule has 0 bridgehead atoms.